The van der Waals surface area contributed by atoms with Gasteiger partial charge >= 0.3 is 0 Å². The summed E-state index contributed by atoms with van der Waals surface area (Å²) in [5, 5.41) is 26.5. The average Bonchev–Trinajstić information content (AvgIpc) is 2.92. The van der Waals surface area contributed by atoms with Gasteiger partial charge < -0.3 is 15.7 Å². The van der Waals surface area contributed by atoms with Crippen LogP contribution in [0.3, 0.4) is 0 Å². The topological polar surface area (TPSA) is 100 Å². The van der Waals surface area contributed by atoms with Gasteiger partial charge in [-0.25, -0.2) is 4.98 Å². The van der Waals surface area contributed by atoms with Gasteiger partial charge in [0.25, 0.3) is 5.69 Å². The van der Waals surface area contributed by atoms with Crippen LogP contribution in [0.25, 0.3) is 0 Å². The smallest absolute Gasteiger partial charge is 0.276 e. The normalized spacial score (nSPS) is 21.2. The summed E-state index contributed by atoms with van der Waals surface area (Å²) in [5.41, 5.74) is 0.0218. The molecular formula is C14H22N4O3. The molecule has 7 nitrogen and oxygen atoms in total. The molecule has 0 saturated heterocycles. The van der Waals surface area contributed by atoms with E-state index in [2.05, 4.69) is 15.6 Å². The molecular weight excluding hydrogens is 272 g/mol. The van der Waals surface area contributed by atoms with Crippen LogP contribution in [-0.2, 0) is 0 Å². The van der Waals surface area contributed by atoms with Gasteiger partial charge in [-0.3, -0.25) is 10.1 Å². The molecule has 0 aromatic carbocycles. The highest BCUT2D eigenvalue weighted by Gasteiger charge is 2.26. The van der Waals surface area contributed by atoms with E-state index in [1.54, 1.807) is 0 Å². The Kier molecular flexibility index (Phi) is 5.32. The third-order valence-electron chi connectivity index (χ3n) is 3.98. The van der Waals surface area contributed by atoms with Gasteiger partial charge in [0.1, 0.15) is 11.6 Å². The number of hydrogen-bond acceptors (Lipinski definition) is 6. The van der Waals surface area contributed by atoms with E-state index < -0.39 is 4.92 Å². The van der Waals surface area contributed by atoms with E-state index in [1.807, 2.05) is 6.92 Å². The van der Waals surface area contributed by atoms with Crippen LogP contribution in [0.1, 0.15) is 26.2 Å². The lowest BCUT2D eigenvalue weighted by Gasteiger charge is -2.18. The van der Waals surface area contributed by atoms with Crippen molar-refractivity contribution in [3.63, 3.8) is 0 Å². The predicted molar refractivity (Wildman–Crippen MR) is 81.5 cm³/mol. The molecule has 0 aliphatic heterocycles. The van der Waals surface area contributed by atoms with Crippen molar-refractivity contribution >= 4 is 17.3 Å². The van der Waals surface area contributed by atoms with Crippen molar-refractivity contribution in [2.45, 2.75) is 26.2 Å². The van der Waals surface area contributed by atoms with Crippen molar-refractivity contribution in [3.05, 3.63) is 22.2 Å². The number of nitrogens with zero attached hydrogens (tertiary/aromatic N) is 2. The Bertz CT molecular complexity index is 495. The quantitative estimate of drug-likeness (QED) is 0.527. The van der Waals surface area contributed by atoms with Crippen LogP contribution < -0.4 is 10.6 Å². The number of aliphatic hydroxyl groups is 1. The fraction of sp³-hybridized carbons (Fsp3) is 0.643. The molecule has 116 valence electrons. The number of nitrogens with one attached hydrogen (secondary N) is 2. The molecule has 1 aliphatic carbocycles. The molecule has 1 saturated carbocycles. The SMILES string of the molecule is CCNc1cc([N+](=O)[O-])cc(NCC2CCCC2CO)n1. The first-order valence-electron chi connectivity index (χ1n) is 7.39. The number of aliphatic hydroxyl groups excluding tert-OH is 1. The van der Waals surface area contributed by atoms with E-state index in [-0.39, 0.29) is 12.3 Å². The second kappa shape index (κ2) is 7.21. The summed E-state index contributed by atoms with van der Waals surface area (Å²) in [5.74, 6) is 1.73. The minimum Gasteiger partial charge on any atom is -0.396 e. The lowest BCUT2D eigenvalue weighted by Crippen LogP contribution is -2.21. The van der Waals surface area contributed by atoms with Crippen LogP contribution in [0, 0.1) is 22.0 Å². The molecule has 1 fully saturated rings. The molecule has 0 spiro atoms. The summed E-state index contributed by atoms with van der Waals surface area (Å²) in [7, 11) is 0. The summed E-state index contributed by atoms with van der Waals surface area (Å²) in [4.78, 5) is 14.9. The molecule has 1 heterocycles. The number of nitro groups is 1. The van der Waals surface area contributed by atoms with Gasteiger partial charge in [0.05, 0.1) is 17.1 Å². The van der Waals surface area contributed by atoms with Crippen molar-refractivity contribution in [3.8, 4) is 0 Å². The molecule has 2 unspecified atom stereocenters. The van der Waals surface area contributed by atoms with Gasteiger partial charge in [-0.05, 0) is 31.6 Å². The van der Waals surface area contributed by atoms with Crippen molar-refractivity contribution in [2.24, 2.45) is 11.8 Å². The Morgan fingerprint density at radius 1 is 1.33 bits per heavy atom. The summed E-state index contributed by atoms with van der Waals surface area (Å²) in [6.07, 6.45) is 3.25. The number of aromatic nitrogens is 1. The Balaban J connectivity index is 2.06. The third kappa shape index (κ3) is 4.04. The van der Waals surface area contributed by atoms with Crippen LogP contribution in [0.5, 0.6) is 0 Å². The van der Waals surface area contributed by atoms with Crippen LogP contribution in [0.15, 0.2) is 12.1 Å². The van der Waals surface area contributed by atoms with Crippen LogP contribution in [-0.4, -0.2) is 34.7 Å². The Morgan fingerprint density at radius 3 is 2.62 bits per heavy atom. The van der Waals surface area contributed by atoms with E-state index in [9.17, 15) is 15.2 Å². The molecule has 1 aromatic rings. The zero-order chi connectivity index (χ0) is 15.2. The summed E-state index contributed by atoms with van der Waals surface area (Å²) < 4.78 is 0. The monoisotopic (exact) mass is 294 g/mol. The summed E-state index contributed by atoms with van der Waals surface area (Å²) in [6, 6.07) is 2.88. The maximum Gasteiger partial charge on any atom is 0.276 e. The van der Waals surface area contributed by atoms with E-state index in [1.165, 1.54) is 12.1 Å². The highest BCUT2D eigenvalue weighted by atomic mass is 16.6. The van der Waals surface area contributed by atoms with Crippen molar-refractivity contribution in [2.75, 3.05) is 30.3 Å². The number of pyridine rings is 1. The first-order valence-corrected chi connectivity index (χ1v) is 7.39. The zero-order valence-corrected chi connectivity index (χ0v) is 12.2. The molecule has 1 aliphatic rings. The van der Waals surface area contributed by atoms with Gasteiger partial charge in [0.2, 0.25) is 0 Å². The molecule has 3 N–H and O–H groups in total. The Morgan fingerprint density at radius 2 is 2.00 bits per heavy atom. The van der Waals surface area contributed by atoms with Crippen molar-refractivity contribution in [1.82, 2.24) is 4.98 Å². The van der Waals surface area contributed by atoms with Gasteiger partial charge in [-0.1, -0.05) is 6.42 Å². The maximum atomic E-state index is 11.0. The van der Waals surface area contributed by atoms with Gasteiger partial charge in [-0.2, -0.15) is 0 Å². The zero-order valence-electron chi connectivity index (χ0n) is 12.2. The van der Waals surface area contributed by atoms with Crippen LogP contribution in [0.4, 0.5) is 17.3 Å². The van der Waals surface area contributed by atoms with Gasteiger partial charge in [0, 0.05) is 19.7 Å². The first-order chi connectivity index (χ1) is 10.1. The van der Waals surface area contributed by atoms with Crippen LogP contribution in [0.2, 0.25) is 0 Å². The molecule has 2 atom stereocenters. The van der Waals surface area contributed by atoms with Crippen molar-refractivity contribution < 1.29 is 10.0 Å². The predicted octanol–water partition coefficient (Wildman–Crippen LogP) is 2.24. The van der Waals surface area contributed by atoms with E-state index in [0.29, 0.717) is 36.6 Å². The third-order valence-corrected chi connectivity index (χ3v) is 3.98. The van der Waals surface area contributed by atoms with E-state index in [4.69, 9.17) is 0 Å². The highest BCUT2D eigenvalue weighted by Crippen LogP contribution is 2.31. The molecule has 0 amide bonds. The van der Waals surface area contributed by atoms with Gasteiger partial charge in [-0.15, -0.1) is 0 Å². The van der Waals surface area contributed by atoms with E-state index >= 15 is 0 Å². The average molecular weight is 294 g/mol. The largest absolute Gasteiger partial charge is 0.396 e. The summed E-state index contributed by atoms with van der Waals surface area (Å²) in [6.45, 7) is 3.46. The van der Waals surface area contributed by atoms with Crippen LogP contribution >= 0.6 is 0 Å². The molecule has 1 aromatic heterocycles. The summed E-state index contributed by atoms with van der Waals surface area (Å²) >= 11 is 0. The molecule has 0 bridgehead atoms. The minimum absolute atomic E-state index is 0.0218. The Hall–Kier alpha value is -1.89. The number of anilines is 2. The number of rotatable bonds is 7. The lowest BCUT2D eigenvalue weighted by atomic mass is 9.97. The standard InChI is InChI=1S/C14H22N4O3/c1-2-15-13-6-12(18(20)21)7-14(17-13)16-8-10-4-3-5-11(10)9-19/h6-7,10-11,19H,2-5,8-9H2,1H3,(H2,15,16,17). The van der Waals surface area contributed by atoms with E-state index in [0.717, 1.165) is 19.3 Å². The van der Waals surface area contributed by atoms with Gasteiger partial charge in [0.15, 0.2) is 0 Å². The van der Waals surface area contributed by atoms with Crippen molar-refractivity contribution in [1.29, 1.82) is 0 Å². The fourth-order valence-corrected chi connectivity index (χ4v) is 2.84. The number of hydrogen-bond donors (Lipinski definition) is 3. The second-order valence-electron chi connectivity index (χ2n) is 5.40. The fourth-order valence-electron chi connectivity index (χ4n) is 2.84. The lowest BCUT2D eigenvalue weighted by molar-refractivity contribution is -0.384. The molecule has 2 rings (SSSR count). The molecule has 21 heavy (non-hydrogen) atoms. The molecule has 0 radical (unpaired) electrons. The Labute approximate surface area is 123 Å². The maximum absolute atomic E-state index is 11.0. The highest BCUT2D eigenvalue weighted by molar-refractivity contribution is 5.54. The first kappa shape index (κ1) is 15.5. The second-order valence-corrected chi connectivity index (χ2v) is 5.40. The molecule has 7 heteroatoms. The minimum atomic E-state index is -0.417.